The lowest BCUT2D eigenvalue weighted by atomic mass is 10.2. The fourth-order valence-electron chi connectivity index (χ4n) is 2.35. The second-order valence-electron chi connectivity index (χ2n) is 5.69. The van der Waals surface area contributed by atoms with Crippen molar-refractivity contribution >= 4 is 17.5 Å². The van der Waals surface area contributed by atoms with Gasteiger partial charge in [-0.05, 0) is 31.4 Å². The molecule has 2 N–H and O–H groups in total. The van der Waals surface area contributed by atoms with Crippen LogP contribution in [0.25, 0.3) is 5.69 Å². The molecule has 1 saturated carbocycles. The summed E-state index contributed by atoms with van der Waals surface area (Å²) in [5.41, 5.74) is 0.719. The van der Waals surface area contributed by atoms with E-state index in [0.717, 1.165) is 24.4 Å². The van der Waals surface area contributed by atoms with Crippen molar-refractivity contribution in [3.63, 3.8) is 0 Å². The van der Waals surface area contributed by atoms with E-state index in [1.54, 1.807) is 10.7 Å². The van der Waals surface area contributed by atoms with Gasteiger partial charge in [0, 0.05) is 5.92 Å². The lowest BCUT2D eigenvalue weighted by Gasteiger charge is -2.11. The number of hydrogen-bond acceptors (Lipinski definition) is 4. The summed E-state index contributed by atoms with van der Waals surface area (Å²) in [7, 11) is 0. The van der Waals surface area contributed by atoms with Crippen LogP contribution in [0.1, 0.15) is 48.5 Å². The molecule has 1 heterocycles. The number of nitrogens with one attached hydrogen (secondary N) is 1. The van der Waals surface area contributed by atoms with Gasteiger partial charge in [-0.1, -0.05) is 30.7 Å². The molecular weight excluding hydrogens is 316 g/mol. The maximum Gasteiger partial charge on any atom is 0.291 e. The molecule has 0 spiro atoms. The summed E-state index contributed by atoms with van der Waals surface area (Å²) in [6.07, 6.45) is 2.72. The van der Waals surface area contributed by atoms with Crippen molar-refractivity contribution in [3.8, 4) is 5.69 Å². The van der Waals surface area contributed by atoms with Gasteiger partial charge in [-0.2, -0.15) is 0 Å². The summed E-state index contributed by atoms with van der Waals surface area (Å²) in [5.74, 6) is 0.817. The number of aliphatic hydroxyl groups excluding tert-OH is 1. The van der Waals surface area contributed by atoms with Gasteiger partial charge in [0.15, 0.2) is 0 Å². The Balaban J connectivity index is 1.93. The number of hydrogen-bond donors (Lipinski definition) is 2. The molecule has 1 amide bonds. The Kier molecular flexibility index (Phi) is 4.63. The zero-order valence-corrected chi connectivity index (χ0v) is 13.6. The number of halogens is 1. The first-order valence-corrected chi connectivity index (χ1v) is 8.15. The minimum atomic E-state index is -0.376. The molecule has 0 bridgehead atoms. The lowest BCUT2D eigenvalue weighted by molar-refractivity contribution is 0.0904. The Morgan fingerprint density at radius 3 is 2.83 bits per heavy atom. The Bertz CT molecular complexity index is 708. The molecule has 1 fully saturated rings. The molecule has 1 aliphatic carbocycles. The van der Waals surface area contributed by atoms with E-state index in [4.69, 9.17) is 11.6 Å². The number of aromatic nitrogens is 3. The fourth-order valence-corrected chi connectivity index (χ4v) is 2.57. The van der Waals surface area contributed by atoms with Gasteiger partial charge in [-0.3, -0.25) is 4.79 Å². The van der Waals surface area contributed by atoms with E-state index in [2.05, 4.69) is 15.4 Å². The highest BCUT2D eigenvalue weighted by Gasteiger charge is 2.32. The summed E-state index contributed by atoms with van der Waals surface area (Å²) < 4.78 is 1.66. The normalized spacial score (nSPS) is 15.4. The number of nitrogens with zero attached hydrogens (tertiary/aromatic N) is 3. The lowest BCUT2D eigenvalue weighted by Crippen LogP contribution is -2.37. The zero-order chi connectivity index (χ0) is 16.4. The topological polar surface area (TPSA) is 80.0 Å². The van der Waals surface area contributed by atoms with Crippen LogP contribution < -0.4 is 5.32 Å². The number of aliphatic hydroxyl groups is 1. The van der Waals surface area contributed by atoms with Crippen molar-refractivity contribution in [1.29, 1.82) is 0 Å². The average Bonchev–Trinajstić information content (AvgIpc) is 3.31. The van der Waals surface area contributed by atoms with Crippen LogP contribution in [-0.4, -0.2) is 38.4 Å². The second-order valence-corrected chi connectivity index (χ2v) is 6.10. The third-order valence-corrected chi connectivity index (χ3v) is 4.23. The van der Waals surface area contributed by atoms with Gasteiger partial charge in [-0.25, -0.2) is 9.67 Å². The molecule has 6 nitrogen and oxygen atoms in total. The van der Waals surface area contributed by atoms with Crippen molar-refractivity contribution in [3.05, 3.63) is 40.9 Å². The van der Waals surface area contributed by atoms with Gasteiger partial charge >= 0.3 is 0 Å². The van der Waals surface area contributed by atoms with Crippen molar-refractivity contribution in [2.75, 3.05) is 6.61 Å². The maximum absolute atomic E-state index is 12.3. The molecule has 2 aromatic rings. The summed E-state index contributed by atoms with van der Waals surface area (Å²) in [5, 5.41) is 16.9. The standard InChI is InChI=1S/C16H19ClN4O2/c1-2-11(9-22)18-16(23)14-19-15(10-7-8-10)21(20-14)13-6-4-3-5-12(13)17/h3-6,10-11,22H,2,7-9H2,1H3,(H,18,23). The highest BCUT2D eigenvalue weighted by molar-refractivity contribution is 6.32. The Morgan fingerprint density at radius 2 is 2.22 bits per heavy atom. The molecule has 1 aromatic carbocycles. The second kappa shape index (κ2) is 6.68. The van der Waals surface area contributed by atoms with E-state index in [1.165, 1.54) is 0 Å². The van der Waals surface area contributed by atoms with Crippen LogP contribution in [0, 0.1) is 0 Å². The molecule has 7 heteroatoms. The van der Waals surface area contributed by atoms with E-state index in [0.29, 0.717) is 17.4 Å². The average molecular weight is 335 g/mol. The van der Waals surface area contributed by atoms with Crippen LogP contribution in [0.15, 0.2) is 24.3 Å². The first-order chi connectivity index (χ1) is 11.1. The number of carbonyl (C=O) groups is 1. The van der Waals surface area contributed by atoms with Gasteiger partial charge in [-0.15, -0.1) is 5.10 Å². The van der Waals surface area contributed by atoms with E-state index < -0.39 is 0 Å². The maximum atomic E-state index is 12.3. The van der Waals surface area contributed by atoms with E-state index in [-0.39, 0.29) is 24.4 Å². The van der Waals surface area contributed by atoms with Crippen molar-refractivity contribution in [2.24, 2.45) is 0 Å². The zero-order valence-electron chi connectivity index (χ0n) is 12.9. The van der Waals surface area contributed by atoms with Crippen LogP contribution in [0.4, 0.5) is 0 Å². The molecule has 1 aliphatic rings. The quantitative estimate of drug-likeness (QED) is 0.849. The summed E-state index contributed by atoms with van der Waals surface area (Å²) in [6, 6.07) is 7.07. The third-order valence-electron chi connectivity index (χ3n) is 3.91. The number of carbonyl (C=O) groups excluding carboxylic acids is 1. The van der Waals surface area contributed by atoms with E-state index in [1.807, 2.05) is 25.1 Å². The van der Waals surface area contributed by atoms with Gasteiger partial charge in [0.05, 0.1) is 23.4 Å². The first-order valence-electron chi connectivity index (χ1n) is 7.77. The van der Waals surface area contributed by atoms with Crippen LogP contribution in [0.5, 0.6) is 0 Å². The summed E-state index contributed by atoms with van der Waals surface area (Å²) in [4.78, 5) is 16.7. The Hall–Kier alpha value is -1.92. The minimum Gasteiger partial charge on any atom is -0.394 e. The SMILES string of the molecule is CCC(CO)NC(=O)c1nc(C2CC2)n(-c2ccccc2Cl)n1. The Morgan fingerprint density at radius 1 is 1.48 bits per heavy atom. The number of rotatable bonds is 6. The van der Waals surface area contributed by atoms with E-state index in [9.17, 15) is 9.90 Å². The van der Waals surface area contributed by atoms with E-state index >= 15 is 0 Å². The van der Waals surface area contributed by atoms with Gasteiger partial charge in [0.2, 0.25) is 5.82 Å². The molecule has 0 saturated heterocycles. The largest absolute Gasteiger partial charge is 0.394 e. The molecule has 0 radical (unpaired) electrons. The number of benzene rings is 1. The summed E-state index contributed by atoms with van der Waals surface area (Å²) in [6.45, 7) is 1.79. The number of amides is 1. The predicted octanol–water partition coefficient (Wildman–Crippen LogP) is 2.30. The molecule has 0 aliphatic heterocycles. The molecule has 23 heavy (non-hydrogen) atoms. The monoisotopic (exact) mass is 334 g/mol. The number of para-hydroxylation sites is 1. The van der Waals surface area contributed by atoms with Crippen LogP contribution >= 0.6 is 11.6 Å². The molecule has 1 aromatic heterocycles. The highest BCUT2D eigenvalue weighted by atomic mass is 35.5. The molecule has 122 valence electrons. The van der Waals surface area contributed by atoms with Crippen LogP contribution in [0.3, 0.4) is 0 Å². The third kappa shape index (κ3) is 3.38. The predicted molar refractivity (Wildman–Crippen MR) is 87.0 cm³/mol. The minimum absolute atomic E-state index is 0.108. The van der Waals surface area contributed by atoms with Gasteiger partial charge in [0.1, 0.15) is 5.82 Å². The van der Waals surface area contributed by atoms with Crippen LogP contribution in [0.2, 0.25) is 5.02 Å². The summed E-state index contributed by atoms with van der Waals surface area (Å²) >= 11 is 6.25. The molecule has 1 unspecified atom stereocenters. The van der Waals surface area contributed by atoms with Gasteiger partial charge < -0.3 is 10.4 Å². The molecule has 3 rings (SSSR count). The van der Waals surface area contributed by atoms with Crippen LogP contribution in [-0.2, 0) is 0 Å². The smallest absolute Gasteiger partial charge is 0.291 e. The van der Waals surface area contributed by atoms with Gasteiger partial charge in [0.25, 0.3) is 5.91 Å². The first kappa shape index (κ1) is 16.0. The van der Waals surface area contributed by atoms with Crippen molar-refractivity contribution < 1.29 is 9.90 Å². The molecular formula is C16H19ClN4O2. The Labute approximate surface area is 139 Å². The molecule has 1 atom stereocenters. The fraction of sp³-hybridized carbons (Fsp3) is 0.438. The highest BCUT2D eigenvalue weighted by Crippen LogP contribution is 2.40. The van der Waals surface area contributed by atoms with Crippen molar-refractivity contribution in [2.45, 2.75) is 38.1 Å². The van der Waals surface area contributed by atoms with Crippen molar-refractivity contribution in [1.82, 2.24) is 20.1 Å².